The Kier molecular flexibility index (Phi) is 5.82. The smallest absolute Gasteiger partial charge is 0.268 e. The second-order valence-electron chi connectivity index (χ2n) is 7.63. The number of hydrogen-bond donors (Lipinski definition) is 0. The Morgan fingerprint density at radius 3 is 1.69 bits per heavy atom. The van der Waals surface area contributed by atoms with Gasteiger partial charge in [-0.2, -0.15) is 4.31 Å². The van der Waals surface area contributed by atoms with Crippen molar-refractivity contribution in [3.63, 3.8) is 0 Å². The molecular formula is C22H18N4O8S. The Morgan fingerprint density at radius 2 is 1.29 bits per heavy atom. The number of rotatable bonds is 7. The summed E-state index contributed by atoms with van der Waals surface area (Å²) >= 11 is 0. The van der Waals surface area contributed by atoms with Gasteiger partial charge in [0.2, 0.25) is 10.0 Å². The summed E-state index contributed by atoms with van der Waals surface area (Å²) in [7, 11) is -3.79. The molecule has 12 nitrogen and oxygen atoms in total. The molecule has 3 aromatic rings. The molecule has 0 spiro atoms. The van der Waals surface area contributed by atoms with E-state index in [1.54, 1.807) is 13.8 Å². The second-order valence-corrected chi connectivity index (χ2v) is 9.57. The number of sulfonamides is 1. The molecule has 3 aromatic carbocycles. The van der Waals surface area contributed by atoms with Crippen LogP contribution in [-0.4, -0.2) is 47.5 Å². The van der Waals surface area contributed by atoms with E-state index in [2.05, 4.69) is 0 Å². The van der Waals surface area contributed by atoms with Crippen LogP contribution in [0, 0.1) is 20.2 Å². The number of nitro groups is 2. The zero-order valence-corrected chi connectivity index (χ0v) is 19.3. The fourth-order valence-corrected chi connectivity index (χ4v) is 5.54. The van der Waals surface area contributed by atoms with E-state index >= 15 is 0 Å². The van der Waals surface area contributed by atoms with E-state index in [0.29, 0.717) is 0 Å². The van der Waals surface area contributed by atoms with Gasteiger partial charge in [-0.25, -0.2) is 13.3 Å². The molecule has 4 rings (SSSR count). The van der Waals surface area contributed by atoms with Crippen molar-refractivity contribution in [2.24, 2.45) is 0 Å². The minimum atomic E-state index is -3.79. The van der Waals surface area contributed by atoms with Crippen LogP contribution in [0.4, 0.5) is 17.1 Å². The number of nitrogens with zero attached hydrogens (tertiary/aromatic N) is 4. The van der Waals surface area contributed by atoms with Crippen molar-refractivity contribution in [1.29, 1.82) is 0 Å². The van der Waals surface area contributed by atoms with Crippen molar-refractivity contribution in [1.82, 2.24) is 4.31 Å². The molecule has 0 atom stereocenters. The van der Waals surface area contributed by atoms with Gasteiger partial charge in [0.1, 0.15) is 0 Å². The van der Waals surface area contributed by atoms with E-state index in [0.717, 1.165) is 29.2 Å². The molecule has 0 unspecified atom stereocenters. The van der Waals surface area contributed by atoms with Crippen LogP contribution in [0.5, 0.6) is 0 Å². The van der Waals surface area contributed by atoms with Gasteiger partial charge in [0.05, 0.1) is 31.6 Å². The van der Waals surface area contributed by atoms with Gasteiger partial charge in [-0.1, -0.05) is 13.8 Å². The van der Waals surface area contributed by atoms with Gasteiger partial charge in [0.25, 0.3) is 23.2 Å². The third-order valence-corrected chi connectivity index (χ3v) is 7.81. The molecule has 0 bridgehead atoms. The van der Waals surface area contributed by atoms with E-state index in [-0.39, 0.29) is 45.6 Å². The average Bonchev–Trinajstić information content (AvgIpc) is 2.82. The van der Waals surface area contributed by atoms with Gasteiger partial charge in [-0.3, -0.25) is 29.8 Å². The summed E-state index contributed by atoms with van der Waals surface area (Å²) in [6.07, 6.45) is 0. The molecule has 13 heteroatoms. The molecule has 1 aliphatic heterocycles. The summed E-state index contributed by atoms with van der Waals surface area (Å²) in [5.41, 5.74) is -1.27. The lowest BCUT2D eigenvalue weighted by atomic mass is 9.92. The lowest BCUT2D eigenvalue weighted by molar-refractivity contribution is -0.385. The topological polar surface area (TPSA) is 161 Å². The minimum Gasteiger partial charge on any atom is -0.268 e. The van der Waals surface area contributed by atoms with Crippen molar-refractivity contribution in [2.45, 2.75) is 18.7 Å². The zero-order chi connectivity index (χ0) is 25.7. The first-order valence-electron chi connectivity index (χ1n) is 10.4. The maximum absolute atomic E-state index is 13.3. The molecule has 0 aromatic heterocycles. The molecular weight excluding hydrogens is 480 g/mol. The minimum absolute atomic E-state index is 0.00955. The summed E-state index contributed by atoms with van der Waals surface area (Å²) in [5.74, 6) is -1.74. The molecule has 1 aliphatic rings. The third kappa shape index (κ3) is 3.80. The number of hydrogen-bond acceptors (Lipinski definition) is 8. The number of carbonyl (C=O) groups is 2. The molecule has 35 heavy (non-hydrogen) atoms. The lowest BCUT2D eigenvalue weighted by Crippen LogP contribution is -2.40. The fraction of sp³-hybridized carbons (Fsp3) is 0.182. The molecule has 0 aliphatic carbocycles. The highest BCUT2D eigenvalue weighted by Gasteiger charge is 2.37. The van der Waals surface area contributed by atoms with Gasteiger partial charge < -0.3 is 0 Å². The number of anilines is 1. The van der Waals surface area contributed by atoms with Crippen molar-refractivity contribution in [2.75, 3.05) is 18.0 Å². The van der Waals surface area contributed by atoms with Crippen molar-refractivity contribution in [3.05, 3.63) is 79.9 Å². The van der Waals surface area contributed by atoms with Gasteiger partial charge in [-0.05, 0) is 29.7 Å². The molecule has 0 saturated heterocycles. The number of nitro benzene ring substituents is 2. The standard InChI is InChI=1S/C22H18N4O8S/c1-3-23(4-2)35(33,34)17-7-5-14(6-8-17)24-21(27)18-11-15(25(29)30)9-13-10-16(26(31)32)12-19(20(13)18)22(24)28/h5-12H,3-4H2,1-2H3. The van der Waals surface area contributed by atoms with Crippen LogP contribution in [0.2, 0.25) is 0 Å². The number of imide groups is 1. The molecule has 0 N–H and O–H groups in total. The Bertz CT molecular complexity index is 1460. The van der Waals surface area contributed by atoms with Gasteiger partial charge in [0, 0.05) is 42.7 Å². The lowest BCUT2D eigenvalue weighted by Gasteiger charge is -2.27. The monoisotopic (exact) mass is 498 g/mol. The molecule has 0 saturated carbocycles. The number of amides is 2. The molecule has 180 valence electrons. The first-order chi connectivity index (χ1) is 16.5. The van der Waals surface area contributed by atoms with Crippen LogP contribution >= 0.6 is 0 Å². The Morgan fingerprint density at radius 1 is 0.829 bits per heavy atom. The number of carbonyl (C=O) groups excluding carboxylic acids is 2. The number of benzene rings is 3. The van der Waals surface area contributed by atoms with E-state index in [1.807, 2.05) is 0 Å². The Hall–Kier alpha value is -4.23. The SMILES string of the molecule is CCN(CC)S(=O)(=O)c1ccc(N2C(=O)c3cc([N+](=O)[O-])cc4cc([N+](=O)[O-])cc(c34)C2=O)cc1. The third-order valence-electron chi connectivity index (χ3n) is 5.75. The Labute approximate surface area is 198 Å². The fourth-order valence-electron chi connectivity index (χ4n) is 4.08. The predicted molar refractivity (Wildman–Crippen MR) is 125 cm³/mol. The summed E-state index contributed by atoms with van der Waals surface area (Å²) in [5, 5.41) is 22.9. The highest BCUT2D eigenvalue weighted by molar-refractivity contribution is 7.89. The molecule has 0 radical (unpaired) electrons. The predicted octanol–water partition coefficient (Wildman–Crippen LogP) is 3.49. The van der Waals surface area contributed by atoms with E-state index in [9.17, 15) is 38.2 Å². The highest BCUT2D eigenvalue weighted by atomic mass is 32.2. The van der Waals surface area contributed by atoms with Crippen LogP contribution in [0.15, 0.2) is 53.4 Å². The van der Waals surface area contributed by atoms with E-state index in [1.165, 1.54) is 28.6 Å². The van der Waals surface area contributed by atoms with Crippen LogP contribution in [0.25, 0.3) is 10.8 Å². The summed E-state index contributed by atoms with van der Waals surface area (Å²) in [6.45, 7) is 3.89. The zero-order valence-electron chi connectivity index (χ0n) is 18.5. The van der Waals surface area contributed by atoms with Gasteiger partial charge >= 0.3 is 0 Å². The first kappa shape index (κ1) is 23.9. The van der Waals surface area contributed by atoms with Crippen LogP contribution in [-0.2, 0) is 10.0 Å². The van der Waals surface area contributed by atoms with E-state index in [4.69, 9.17) is 0 Å². The summed E-state index contributed by atoms with van der Waals surface area (Å²) in [4.78, 5) is 48.6. The maximum atomic E-state index is 13.3. The highest BCUT2D eigenvalue weighted by Crippen LogP contribution is 2.38. The van der Waals surface area contributed by atoms with Crippen molar-refractivity contribution in [3.8, 4) is 0 Å². The second kappa shape index (κ2) is 8.52. The Balaban J connectivity index is 1.88. The number of non-ortho nitro benzene ring substituents is 2. The molecule has 0 fully saturated rings. The normalized spacial score (nSPS) is 13.5. The summed E-state index contributed by atoms with van der Waals surface area (Å²) < 4.78 is 26.8. The quantitative estimate of drug-likeness (QED) is 0.272. The van der Waals surface area contributed by atoms with Crippen LogP contribution in [0.1, 0.15) is 34.6 Å². The van der Waals surface area contributed by atoms with Crippen LogP contribution < -0.4 is 4.90 Å². The first-order valence-corrected chi connectivity index (χ1v) is 11.8. The maximum Gasteiger partial charge on any atom is 0.270 e. The largest absolute Gasteiger partial charge is 0.270 e. The van der Waals surface area contributed by atoms with E-state index < -0.39 is 43.1 Å². The summed E-state index contributed by atoms with van der Waals surface area (Å²) in [6, 6.07) is 9.19. The molecule has 1 heterocycles. The van der Waals surface area contributed by atoms with Gasteiger partial charge in [0.15, 0.2) is 0 Å². The van der Waals surface area contributed by atoms with Gasteiger partial charge in [-0.15, -0.1) is 0 Å². The average molecular weight is 498 g/mol. The molecule has 2 amide bonds. The van der Waals surface area contributed by atoms with Crippen molar-refractivity contribution >= 4 is 49.7 Å². The van der Waals surface area contributed by atoms with Crippen molar-refractivity contribution < 1.29 is 27.9 Å². The van der Waals surface area contributed by atoms with Crippen LogP contribution in [0.3, 0.4) is 0 Å².